The van der Waals surface area contributed by atoms with Crippen molar-refractivity contribution < 1.29 is 17.9 Å². The number of hydrogen-bond donors (Lipinski definition) is 0. The molecule has 2 atom stereocenters. The fourth-order valence-corrected chi connectivity index (χ4v) is 3.17. The van der Waals surface area contributed by atoms with Gasteiger partial charge < -0.3 is 0 Å². The van der Waals surface area contributed by atoms with Gasteiger partial charge in [-0.1, -0.05) is 6.07 Å². The summed E-state index contributed by atoms with van der Waals surface area (Å²) in [7, 11) is -1.55. The Morgan fingerprint density at radius 1 is 1.41 bits per heavy atom. The number of hydrogen-bond acceptors (Lipinski definition) is 4. The molecule has 0 aliphatic carbocycles. The van der Waals surface area contributed by atoms with Gasteiger partial charge in [-0.15, -0.1) is 0 Å². The quantitative estimate of drug-likeness (QED) is 0.603. The predicted octanol–water partition coefficient (Wildman–Crippen LogP) is 2.58. The van der Waals surface area contributed by atoms with E-state index in [9.17, 15) is 23.1 Å². The first kappa shape index (κ1) is 16.2. The Balaban J connectivity index is 2.04. The van der Waals surface area contributed by atoms with Crippen molar-refractivity contribution in [1.29, 1.82) is 0 Å². The highest BCUT2D eigenvalue weighted by atomic mass is 32.2. The number of rotatable bonds is 6. The lowest BCUT2D eigenvalue weighted by molar-refractivity contribution is -0.385. The van der Waals surface area contributed by atoms with Crippen LogP contribution in [0.4, 0.5) is 14.5 Å². The zero-order valence-electron chi connectivity index (χ0n) is 11.6. The van der Waals surface area contributed by atoms with E-state index in [0.717, 1.165) is 18.3 Å². The van der Waals surface area contributed by atoms with E-state index in [2.05, 4.69) is 5.10 Å². The van der Waals surface area contributed by atoms with Crippen molar-refractivity contribution in [2.24, 2.45) is 0 Å². The van der Waals surface area contributed by atoms with E-state index in [-0.39, 0.29) is 23.5 Å². The molecule has 118 valence electrons. The first-order valence-electron chi connectivity index (χ1n) is 6.38. The van der Waals surface area contributed by atoms with E-state index >= 15 is 0 Å². The highest BCUT2D eigenvalue weighted by Gasteiger charge is 2.21. The Morgan fingerprint density at radius 3 is 2.59 bits per heavy atom. The van der Waals surface area contributed by atoms with Crippen LogP contribution in [0.25, 0.3) is 0 Å². The van der Waals surface area contributed by atoms with E-state index in [0.29, 0.717) is 0 Å². The van der Waals surface area contributed by atoms with Crippen LogP contribution in [-0.4, -0.2) is 24.7 Å². The van der Waals surface area contributed by atoms with Gasteiger partial charge in [-0.25, -0.2) is 8.78 Å². The molecule has 0 radical (unpaired) electrons. The summed E-state index contributed by atoms with van der Waals surface area (Å²) in [4.78, 5) is 9.94. The number of benzene rings is 1. The zero-order chi connectivity index (χ0) is 16.3. The van der Waals surface area contributed by atoms with Gasteiger partial charge in [0.2, 0.25) is 0 Å². The van der Waals surface area contributed by atoms with Gasteiger partial charge in [0.1, 0.15) is 24.0 Å². The largest absolute Gasteiger partial charge is 0.306 e. The molecular weight excluding hydrogens is 316 g/mol. The second-order valence-electron chi connectivity index (χ2n) is 4.58. The maximum absolute atomic E-state index is 13.6. The fraction of sp³-hybridized carbons (Fsp3) is 0.308. The Morgan fingerprint density at radius 2 is 2.05 bits per heavy atom. The summed E-state index contributed by atoms with van der Waals surface area (Å²) in [5.74, 6) is -1.40. The predicted molar refractivity (Wildman–Crippen MR) is 76.7 cm³/mol. The minimum absolute atomic E-state index is 0.0772. The Kier molecular flexibility index (Phi) is 4.96. The summed E-state index contributed by atoms with van der Waals surface area (Å²) in [6.45, 7) is 1.63. The molecule has 0 unspecified atom stereocenters. The van der Waals surface area contributed by atoms with Gasteiger partial charge in [-0.2, -0.15) is 5.10 Å². The second-order valence-corrected chi connectivity index (χ2v) is 6.46. The minimum atomic E-state index is -1.55. The molecule has 1 aromatic heterocycles. The van der Waals surface area contributed by atoms with E-state index in [1.807, 2.05) is 0 Å². The van der Waals surface area contributed by atoms with Crippen LogP contribution in [0.15, 0.2) is 30.6 Å². The standard InChI is InChI=1S/C13H13F2N3O3S/c1-9(13-11(14)3-2-4-12(13)15)22(21)6-5-17-8-10(7-16-17)18(19)20/h2-4,7-9H,5-6H2,1H3/t9-,22-/m0/s1. The lowest BCUT2D eigenvalue weighted by atomic mass is 10.1. The van der Waals surface area contributed by atoms with Crippen molar-refractivity contribution >= 4 is 16.5 Å². The van der Waals surface area contributed by atoms with Crippen molar-refractivity contribution in [2.75, 3.05) is 5.75 Å². The second kappa shape index (κ2) is 6.73. The Bertz CT molecular complexity index is 700. The van der Waals surface area contributed by atoms with Gasteiger partial charge in [0.05, 0.1) is 16.7 Å². The van der Waals surface area contributed by atoms with Crippen LogP contribution in [-0.2, 0) is 17.3 Å². The smallest absolute Gasteiger partial charge is 0.265 e. The zero-order valence-corrected chi connectivity index (χ0v) is 12.4. The van der Waals surface area contributed by atoms with Crippen molar-refractivity contribution in [1.82, 2.24) is 9.78 Å². The molecule has 6 nitrogen and oxygen atoms in total. The molecule has 0 aliphatic rings. The van der Waals surface area contributed by atoms with Crippen molar-refractivity contribution in [2.45, 2.75) is 18.7 Å². The van der Waals surface area contributed by atoms with E-state index < -0.39 is 32.6 Å². The lowest BCUT2D eigenvalue weighted by Crippen LogP contribution is -2.14. The summed E-state index contributed by atoms with van der Waals surface area (Å²) in [6, 6.07) is 3.47. The average molecular weight is 329 g/mol. The molecule has 0 fully saturated rings. The van der Waals surface area contributed by atoms with Crippen molar-refractivity contribution in [3.8, 4) is 0 Å². The van der Waals surface area contributed by atoms with Gasteiger partial charge in [-0.3, -0.25) is 19.0 Å². The van der Waals surface area contributed by atoms with Gasteiger partial charge in [0.25, 0.3) is 0 Å². The van der Waals surface area contributed by atoms with Crippen molar-refractivity contribution in [3.05, 3.63) is 57.9 Å². The van der Waals surface area contributed by atoms with E-state index in [1.165, 1.54) is 23.9 Å². The van der Waals surface area contributed by atoms with Crippen LogP contribution >= 0.6 is 0 Å². The highest BCUT2D eigenvalue weighted by Crippen LogP contribution is 2.25. The molecule has 0 spiro atoms. The SMILES string of the molecule is C[C@@H](c1c(F)cccc1F)[S@@](=O)CCn1cc([N+](=O)[O-])cn1. The molecule has 1 heterocycles. The average Bonchev–Trinajstić information content (AvgIpc) is 2.93. The molecular formula is C13H13F2N3O3S. The van der Waals surface area contributed by atoms with Crippen LogP contribution in [0.3, 0.4) is 0 Å². The molecule has 22 heavy (non-hydrogen) atoms. The molecule has 0 saturated carbocycles. The van der Waals surface area contributed by atoms with Gasteiger partial charge in [0, 0.05) is 22.1 Å². The molecule has 0 N–H and O–H groups in total. The molecule has 0 aliphatic heterocycles. The molecule has 2 aromatic rings. The number of aromatic nitrogens is 2. The van der Waals surface area contributed by atoms with Gasteiger partial charge in [-0.05, 0) is 19.1 Å². The van der Waals surface area contributed by atoms with Crippen LogP contribution in [0.1, 0.15) is 17.7 Å². The summed E-state index contributed by atoms with van der Waals surface area (Å²) in [5.41, 5.74) is -0.383. The maximum atomic E-state index is 13.6. The molecule has 1 aromatic carbocycles. The number of nitro groups is 1. The van der Waals surface area contributed by atoms with Crippen LogP contribution in [0.2, 0.25) is 0 Å². The Labute approximate surface area is 127 Å². The molecule has 0 saturated heterocycles. The van der Waals surface area contributed by atoms with E-state index in [4.69, 9.17) is 0 Å². The summed E-state index contributed by atoms with van der Waals surface area (Å²) in [5, 5.41) is 13.5. The van der Waals surface area contributed by atoms with Crippen LogP contribution < -0.4 is 0 Å². The minimum Gasteiger partial charge on any atom is -0.265 e. The maximum Gasteiger partial charge on any atom is 0.306 e. The highest BCUT2D eigenvalue weighted by molar-refractivity contribution is 7.85. The number of halogens is 2. The normalized spacial score (nSPS) is 13.8. The topological polar surface area (TPSA) is 78.0 Å². The van der Waals surface area contributed by atoms with Crippen molar-refractivity contribution in [3.63, 3.8) is 0 Å². The van der Waals surface area contributed by atoms with E-state index in [1.54, 1.807) is 0 Å². The fourth-order valence-electron chi connectivity index (χ4n) is 1.96. The summed E-state index contributed by atoms with van der Waals surface area (Å²) in [6.07, 6.45) is 2.30. The number of nitrogens with zero attached hydrogens (tertiary/aromatic N) is 3. The van der Waals surface area contributed by atoms with Crippen LogP contribution in [0, 0.1) is 21.7 Å². The monoisotopic (exact) mass is 329 g/mol. The van der Waals surface area contributed by atoms with Crippen LogP contribution in [0.5, 0.6) is 0 Å². The van der Waals surface area contributed by atoms with Gasteiger partial charge in [0.15, 0.2) is 0 Å². The summed E-state index contributed by atoms with van der Waals surface area (Å²) < 4.78 is 40.7. The molecule has 9 heteroatoms. The lowest BCUT2D eigenvalue weighted by Gasteiger charge is -2.13. The first-order valence-corrected chi connectivity index (χ1v) is 7.76. The summed E-state index contributed by atoms with van der Waals surface area (Å²) >= 11 is 0. The molecule has 2 rings (SSSR count). The third-order valence-electron chi connectivity index (χ3n) is 3.15. The Hall–Kier alpha value is -2.16. The van der Waals surface area contributed by atoms with Gasteiger partial charge >= 0.3 is 5.69 Å². The number of aryl methyl sites for hydroxylation is 1. The molecule has 0 bridgehead atoms. The first-order chi connectivity index (χ1) is 10.4. The third kappa shape index (κ3) is 3.53. The molecule has 0 amide bonds. The third-order valence-corrected chi connectivity index (χ3v) is 4.76.